The zero-order chi connectivity index (χ0) is 27.2. The van der Waals surface area contributed by atoms with Crippen molar-refractivity contribution >= 4 is 11.8 Å². The quantitative estimate of drug-likeness (QED) is 0.352. The second kappa shape index (κ2) is 11.9. The zero-order valence-electron chi connectivity index (χ0n) is 21.1. The molecule has 39 heavy (non-hydrogen) atoms. The Morgan fingerprint density at radius 1 is 1.00 bits per heavy atom. The van der Waals surface area contributed by atoms with Gasteiger partial charge in [-0.2, -0.15) is 4.80 Å². The fourth-order valence-corrected chi connectivity index (χ4v) is 4.74. The summed E-state index contributed by atoms with van der Waals surface area (Å²) in [5.74, 6) is -1.53. The summed E-state index contributed by atoms with van der Waals surface area (Å²) in [6, 6.07) is 14.0. The van der Waals surface area contributed by atoms with E-state index < -0.39 is 23.6 Å². The highest BCUT2D eigenvalue weighted by atomic mass is 19.1. The average molecular weight is 532 g/mol. The van der Waals surface area contributed by atoms with Gasteiger partial charge in [-0.3, -0.25) is 14.6 Å². The molecule has 200 valence electrons. The second-order valence-corrected chi connectivity index (χ2v) is 9.44. The maximum Gasteiger partial charge on any atom is 0.247 e. The summed E-state index contributed by atoms with van der Waals surface area (Å²) in [6.07, 6.45) is 6.88. The van der Waals surface area contributed by atoms with Crippen LogP contribution in [-0.2, 0) is 22.7 Å². The molecule has 0 bridgehead atoms. The van der Waals surface area contributed by atoms with E-state index in [1.807, 2.05) is 0 Å². The summed E-state index contributed by atoms with van der Waals surface area (Å²) >= 11 is 0. The van der Waals surface area contributed by atoms with Crippen LogP contribution in [0.1, 0.15) is 42.9 Å². The van der Waals surface area contributed by atoms with Crippen molar-refractivity contribution in [3.05, 3.63) is 95.8 Å². The van der Waals surface area contributed by atoms with Crippen LogP contribution >= 0.6 is 0 Å². The molecule has 1 N–H and O–H groups in total. The van der Waals surface area contributed by atoms with Crippen molar-refractivity contribution in [1.29, 1.82) is 0 Å². The van der Waals surface area contributed by atoms with E-state index in [4.69, 9.17) is 0 Å². The number of amides is 2. The van der Waals surface area contributed by atoms with E-state index in [0.29, 0.717) is 11.1 Å². The molecule has 4 aromatic rings. The van der Waals surface area contributed by atoms with Gasteiger partial charge in [0.2, 0.25) is 17.6 Å². The minimum absolute atomic E-state index is 0.0162. The third kappa shape index (κ3) is 6.31. The molecular weight excluding hydrogens is 504 g/mol. The van der Waals surface area contributed by atoms with Gasteiger partial charge in [0.1, 0.15) is 24.2 Å². The van der Waals surface area contributed by atoms with Gasteiger partial charge in [-0.1, -0.05) is 31.0 Å². The first kappa shape index (κ1) is 26.1. The highest BCUT2D eigenvalue weighted by Crippen LogP contribution is 2.27. The van der Waals surface area contributed by atoms with Crippen molar-refractivity contribution in [1.82, 2.24) is 35.4 Å². The standard InChI is InChI=1S/C28H27F2N7O2/c29-22-11-9-20(10-12-22)27-33-35-37(34-27)18-25(38)36(17-21-5-1-4-8-24(21)30)26(19-13-15-31-16-14-19)28(39)32-23-6-2-3-7-23/h1,4-5,8-16,23,26H,2-3,6-7,17-18H2,(H,32,39). The van der Waals surface area contributed by atoms with E-state index in [1.54, 1.807) is 42.7 Å². The number of rotatable bonds is 9. The number of hydrogen-bond donors (Lipinski definition) is 1. The number of nitrogens with zero attached hydrogens (tertiary/aromatic N) is 6. The van der Waals surface area contributed by atoms with Crippen molar-refractivity contribution in [2.24, 2.45) is 0 Å². The molecule has 0 radical (unpaired) electrons. The molecule has 0 spiro atoms. The highest BCUT2D eigenvalue weighted by Gasteiger charge is 2.34. The van der Waals surface area contributed by atoms with Crippen LogP contribution in [0.2, 0.25) is 0 Å². The third-order valence-electron chi connectivity index (χ3n) is 6.73. The number of carbonyl (C=O) groups excluding carboxylic acids is 2. The van der Waals surface area contributed by atoms with E-state index in [0.717, 1.165) is 30.5 Å². The van der Waals surface area contributed by atoms with Crippen LogP contribution in [0.3, 0.4) is 0 Å². The number of aromatic nitrogens is 5. The van der Waals surface area contributed by atoms with Crippen molar-refractivity contribution in [2.45, 2.75) is 50.9 Å². The predicted molar refractivity (Wildman–Crippen MR) is 138 cm³/mol. The van der Waals surface area contributed by atoms with Gasteiger partial charge in [0.15, 0.2) is 0 Å². The molecule has 1 fully saturated rings. The Hall–Kier alpha value is -4.54. The van der Waals surface area contributed by atoms with Crippen molar-refractivity contribution in [3.63, 3.8) is 0 Å². The van der Waals surface area contributed by atoms with Gasteiger partial charge < -0.3 is 10.2 Å². The van der Waals surface area contributed by atoms with Gasteiger partial charge in [0, 0.05) is 36.1 Å². The molecule has 2 heterocycles. The second-order valence-electron chi connectivity index (χ2n) is 9.44. The molecule has 2 amide bonds. The first-order valence-electron chi connectivity index (χ1n) is 12.7. The molecule has 2 aromatic heterocycles. The zero-order valence-corrected chi connectivity index (χ0v) is 21.1. The Balaban J connectivity index is 1.46. The van der Waals surface area contributed by atoms with E-state index >= 15 is 0 Å². The number of carbonyl (C=O) groups is 2. The maximum absolute atomic E-state index is 14.7. The van der Waals surface area contributed by atoms with Crippen LogP contribution in [0.4, 0.5) is 8.78 Å². The Morgan fingerprint density at radius 3 is 2.44 bits per heavy atom. The van der Waals surface area contributed by atoms with Gasteiger partial charge in [-0.25, -0.2) is 8.78 Å². The molecule has 0 saturated heterocycles. The molecule has 1 saturated carbocycles. The molecular formula is C28H27F2N7O2. The van der Waals surface area contributed by atoms with Gasteiger partial charge in [0.05, 0.1) is 0 Å². The first-order chi connectivity index (χ1) is 19.0. The minimum atomic E-state index is -1.04. The molecule has 9 nitrogen and oxygen atoms in total. The van der Waals surface area contributed by atoms with Gasteiger partial charge in [0.25, 0.3) is 0 Å². The third-order valence-corrected chi connectivity index (χ3v) is 6.73. The van der Waals surface area contributed by atoms with Crippen molar-refractivity contribution in [3.8, 4) is 11.4 Å². The SMILES string of the molecule is O=C(NC1CCCC1)C(c1ccncc1)N(Cc1ccccc1F)C(=O)Cn1nnc(-c2ccc(F)cc2)n1. The summed E-state index contributed by atoms with van der Waals surface area (Å²) in [5, 5.41) is 15.3. The number of halogens is 2. The molecule has 1 unspecified atom stereocenters. The number of nitrogens with one attached hydrogen (secondary N) is 1. The molecule has 1 aliphatic carbocycles. The van der Waals surface area contributed by atoms with Crippen LogP contribution in [-0.4, -0.2) is 47.9 Å². The van der Waals surface area contributed by atoms with E-state index in [-0.39, 0.29) is 36.4 Å². The highest BCUT2D eigenvalue weighted by molar-refractivity contribution is 5.88. The van der Waals surface area contributed by atoms with Gasteiger partial charge in [-0.05, 0) is 66.1 Å². The lowest BCUT2D eigenvalue weighted by Crippen LogP contribution is -2.47. The fourth-order valence-electron chi connectivity index (χ4n) is 4.74. The molecule has 5 rings (SSSR count). The Bertz CT molecular complexity index is 1420. The number of hydrogen-bond acceptors (Lipinski definition) is 6. The van der Waals surface area contributed by atoms with Crippen LogP contribution in [0.25, 0.3) is 11.4 Å². The van der Waals surface area contributed by atoms with Crippen LogP contribution < -0.4 is 5.32 Å². The maximum atomic E-state index is 14.7. The molecule has 2 aromatic carbocycles. The average Bonchev–Trinajstić information content (AvgIpc) is 3.63. The molecule has 1 atom stereocenters. The summed E-state index contributed by atoms with van der Waals surface area (Å²) in [4.78, 5) is 34.0. The van der Waals surface area contributed by atoms with Crippen molar-refractivity contribution < 1.29 is 18.4 Å². The van der Waals surface area contributed by atoms with E-state index in [1.165, 1.54) is 35.2 Å². The fraction of sp³-hybridized carbons (Fsp3) is 0.286. The van der Waals surface area contributed by atoms with E-state index in [2.05, 4.69) is 25.7 Å². The lowest BCUT2D eigenvalue weighted by atomic mass is 10.0. The lowest BCUT2D eigenvalue weighted by molar-refractivity contribution is -0.142. The van der Waals surface area contributed by atoms with Crippen LogP contribution in [0.15, 0.2) is 73.1 Å². The number of pyridine rings is 1. The molecule has 0 aliphatic heterocycles. The lowest BCUT2D eigenvalue weighted by Gasteiger charge is -2.32. The number of benzene rings is 2. The summed E-state index contributed by atoms with van der Waals surface area (Å²) in [7, 11) is 0. The Morgan fingerprint density at radius 2 is 1.72 bits per heavy atom. The summed E-state index contributed by atoms with van der Waals surface area (Å²) in [5.41, 5.74) is 1.34. The predicted octanol–water partition coefficient (Wildman–Crippen LogP) is 3.84. The Kier molecular flexibility index (Phi) is 7.95. The largest absolute Gasteiger partial charge is 0.351 e. The molecule has 11 heteroatoms. The minimum Gasteiger partial charge on any atom is -0.351 e. The summed E-state index contributed by atoms with van der Waals surface area (Å²) in [6.45, 7) is -0.503. The normalized spacial score (nSPS) is 14.2. The van der Waals surface area contributed by atoms with Crippen LogP contribution in [0, 0.1) is 11.6 Å². The first-order valence-corrected chi connectivity index (χ1v) is 12.7. The molecule has 1 aliphatic rings. The van der Waals surface area contributed by atoms with E-state index in [9.17, 15) is 18.4 Å². The van der Waals surface area contributed by atoms with Gasteiger partial charge in [-0.15, -0.1) is 10.2 Å². The monoisotopic (exact) mass is 531 g/mol. The summed E-state index contributed by atoms with van der Waals surface area (Å²) < 4.78 is 28.0. The van der Waals surface area contributed by atoms with Crippen LogP contribution in [0.5, 0.6) is 0 Å². The smallest absolute Gasteiger partial charge is 0.247 e. The van der Waals surface area contributed by atoms with Crippen molar-refractivity contribution in [2.75, 3.05) is 0 Å². The topological polar surface area (TPSA) is 106 Å². The Labute approximate surface area is 223 Å². The number of tetrazole rings is 1. The van der Waals surface area contributed by atoms with Gasteiger partial charge >= 0.3 is 0 Å².